The summed E-state index contributed by atoms with van der Waals surface area (Å²) in [7, 11) is 0. The van der Waals surface area contributed by atoms with Gasteiger partial charge in [0, 0.05) is 11.1 Å². The minimum atomic E-state index is -0.0694. The minimum absolute atomic E-state index is 0.0355. The Kier molecular flexibility index (Phi) is 3.17. The van der Waals surface area contributed by atoms with E-state index in [0.717, 1.165) is 41.7 Å². The van der Waals surface area contributed by atoms with Gasteiger partial charge in [-0.05, 0) is 38.4 Å². The van der Waals surface area contributed by atoms with Gasteiger partial charge in [0.05, 0.1) is 17.2 Å². The number of anilines is 1. The number of nitrogens with one attached hydrogen (secondary N) is 2. The monoisotopic (exact) mass is 255 g/mol. The lowest BCUT2D eigenvalue weighted by molar-refractivity contribution is -0.117. The average Bonchev–Trinajstić information content (AvgIpc) is 2.93. The lowest BCUT2D eigenvalue weighted by Crippen LogP contribution is -2.35. The first kappa shape index (κ1) is 12.1. The van der Waals surface area contributed by atoms with Crippen molar-refractivity contribution in [2.75, 3.05) is 11.9 Å². The van der Waals surface area contributed by atoms with Crippen LogP contribution < -0.4 is 10.6 Å². The number of aryl methyl sites for hydroxylation is 1. The van der Waals surface area contributed by atoms with Crippen molar-refractivity contribution in [2.24, 2.45) is 0 Å². The van der Waals surface area contributed by atoms with Crippen molar-refractivity contribution < 1.29 is 4.79 Å². The van der Waals surface area contributed by atoms with Crippen LogP contribution in [0.2, 0.25) is 0 Å². The Morgan fingerprint density at radius 3 is 3.05 bits per heavy atom. The minimum Gasteiger partial charge on any atom is -0.323 e. The van der Waals surface area contributed by atoms with Crippen LogP contribution in [0.25, 0.3) is 10.9 Å². The van der Waals surface area contributed by atoms with Crippen LogP contribution in [0.4, 0.5) is 5.69 Å². The van der Waals surface area contributed by atoms with E-state index >= 15 is 0 Å². The number of benzene rings is 1. The van der Waals surface area contributed by atoms with E-state index in [4.69, 9.17) is 0 Å². The Balaban J connectivity index is 1.91. The van der Waals surface area contributed by atoms with Crippen molar-refractivity contribution in [1.29, 1.82) is 0 Å². The zero-order valence-corrected chi connectivity index (χ0v) is 10.9. The van der Waals surface area contributed by atoms with E-state index in [1.54, 1.807) is 0 Å². The molecule has 1 aliphatic rings. The lowest BCUT2D eigenvalue weighted by atomic mass is 10.1. The fraction of sp³-hybridized carbons (Fsp3) is 0.333. The van der Waals surface area contributed by atoms with Gasteiger partial charge in [0.1, 0.15) is 0 Å². The van der Waals surface area contributed by atoms with Gasteiger partial charge in [0.25, 0.3) is 0 Å². The van der Waals surface area contributed by atoms with Crippen molar-refractivity contribution >= 4 is 22.5 Å². The SMILES string of the molecule is Cc1ccc2cccc(NC(=O)[C@@H]3CCCN3)c2n1. The summed E-state index contributed by atoms with van der Waals surface area (Å²) >= 11 is 0. The van der Waals surface area contributed by atoms with Gasteiger partial charge in [-0.15, -0.1) is 0 Å². The number of hydrogen-bond acceptors (Lipinski definition) is 3. The van der Waals surface area contributed by atoms with Gasteiger partial charge >= 0.3 is 0 Å². The molecule has 4 heteroatoms. The average molecular weight is 255 g/mol. The van der Waals surface area contributed by atoms with Crippen LogP contribution in [-0.2, 0) is 4.79 Å². The fourth-order valence-electron chi connectivity index (χ4n) is 2.47. The fourth-order valence-corrected chi connectivity index (χ4v) is 2.47. The number of aromatic nitrogens is 1. The third-order valence-corrected chi connectivity index (χ3v) is 3.49. The Morgan fingerprint density at radius 1 is 1.37 bits per heavy atom. The Hall–Kier alpha value is -1.94. The summed E-state index contributed by atoms with van der Waals surface area (Å²) in [5, 5.41) is 7.24. The second-order valence-electron chi connectivity index (χ2n) is 4.97. The van der Waals surface area contributed by atoms with E-state index < -0.39 is 0 Å². The van der Waals surface area contributed by atoms with E-state index in [9.17, 15) is 4.79 Å². The molecule has 4 nitrogen and oxygen atoms in total. The predicted molar refractivity (Wildman–Crippen MR) is 76.1 cm³/mol. The Labute approximate surface area is 112 Å². The molecular formula is C15H17N3O. The molecule has 2 N–H and O–H groups in total. The molecule has 1 fully saturated rings. The quantitative estimate of drug-likeness (QED) is 0.865. The number of fused-ring (bicyclic) bond motifs is 1. The maximum absolute atomic E-state index is 12.1. The topological polar surface area (TPSA) is 54.0 Å². The highest BCUT2D eigenvalue weighted by Crippen LogP contribution is 2.22. The van der Waals surface area contributed by atoms with E-state index in [0.29, 0.717) is 0 Å². The zero-order valence-electron chi connectivity index (χ0n) is 10.9. The van der Waals surface area contributed by atoms with Gasteiger partial charge in [-0.2, -0.15) is 0 Å². The second kappa shape index (κ2) is 4.97. The second-order valence-corrected chi connectivity index (χ2v) is 4.97. The summed E-state index contributed by atoms with van der Waals surface area (Å²) < 4.78 is 0. The maximum Gasteiger partial charge on any atom is 0.241 e. The molecule has 2 heterocycles. The highest BCUT2D eigenvalue weighted by atomic mass is 16.2. The van der Waals surface area contributed by atoms with Crippen LogP contribution in [0.15, 0.2) is 30.3 Å². The van der Waals surface area contributed by atoms with Gasteiger partial charge < -0.3 is 10.6 Å². The van der Waals surface area contributed by atoms with Crippen LogP contribution in [0.1, 0.15) is 18.5 Å². The van der Waals surface area contributed by atoms with Crippen LogP contribution in [0.3, 0.4) is 0 Å². The molecule has 0 saturated carbocycles. The van der Waals surface area contributed by atoms with Gasteiger partial charge in [-0.25, -0.2) is 0 Å². The molecule has 1 aromatic heterocycles. The number of carbonyl (C=O) groups excluding carboxylic acids is 1. The zero-order chi connectivity index (χ0) is 13.2. The van der Waals surface area contributed by atoms with Gasteiger partial charge in [-0.1, -0.05) is 18.2 Å². The van der Waals surface area contributed by atoms with Gasteiger partial charge in [-0.3, -0.25) is 9.78 Å². The number of carbonyl (C=O) groups is 1. The van der Waals surface area contributed by atoms with Crippen molar-refractivity contribution in [2.45, 2.75) is 25.8 Å². The number of amides is 1. The lowest BCUT2D eigenvalue weighted by Gasteiger charge is -2.12. The first-order valence-electron chi connectivity index (χ1n) is 6.65. The number of pyridine rings is 1. The standard InChI is InChI=1S/C15H17N3O/c1-10-7-8-11-4-2-5-12(14(11)17-10)18-15(19)13-6-3-9-16-13/h2,4-5,7-8,13,16H,3,6,9H2,1H3,(H,18,19)/t13-/m0/s1. The normalized spacial score (nSPS) is 18.7. The molecule has 0 radical (unpaired) electrons. The summed E-state index contributed by atoms with van der Waals surface area (Å²) in [5.74, 6) is 0.0355. The molecule has 1 atom stereocenters. The molecule has 1 aromatic carbocycles. The van der Waals surface area contributed by atoms with E-state index in [1.165, 1.54) is 0 Å². The van der Waals surface area contributed by atoms with Crippen LogP contribution in [0.5, 0.6) is 0 Å². The molecule has 3 rings (SSSR count). The molecular weight excluding hydrogens is 238 g/mol. The van der Waals surface area contributed by atoms with Crippen molar-refractivity contribution in [1.82, 2.24) is 10.3 Å². The first-order valence-corrected chi connectivity index (χ1v) is 6.65. The van der Waals surface area contributed by atoms with Gasteiger partial charge in [0.2, 0.25) is 5.91 Å². The molecule has 0 unspecified atom stereocenters. The van der Waals surface area contributed by atoms with Crippen LogP contribution in [-0.4, -0.2) is 23.5 Å². The smallest absolute Gasteiger partial charge is 0.241 e. The summed E-state index contributed by atoms with van der Waals surface area (Å²) in [5.41, 5.74) is 2.60. The van der Waals surface area contributed by atoms with Gasteiger partial charge in [0.15, 0.2) is 0 Å². The summed E-state index contributed by atoms with van der Waals surface area (Å²) in [6.45, 7) is 2.88. The predicted octanol–water partition coefficient (Wildman–Crippen LogP) is 2.23. The molecule has 0 spiro atoms. The maximum atomic E-state index is 12.1. The Bertz CT molecular complexity index is 618. The van der Waals surface area contributed by atoms with Crippen molar-refractivity contribution in [3.63, 3.8) is 0 Å². The molecule has 1 amide bonds. The van der Waals surface area contributed by atoms with Crippen molar-refractivity contribution in [3.8, 4) is 0 Å². The van der Waals surface area contributed by atoms with Crippen LogP contribution >= 0.6 is 0 Å². The molecule has 1 saturated heterocycles. The van der Waals surface area contributed by atoms with E-state index in [-0.39, 0.29) is 11.9 Å². The highest BCUT2D eigenvalue weighted by molar-refractivity contribution is 6.02. The summed E-state index contributed by atoms with van der Waals surface area (Å²) in [6, 6.07) is 9.79. The number of rotatable bonds is 2. The third-order valence-electron chi connectivity index (χ3n) is 3.49. The molecule has 19 heavy (non-hydrogen) atoms. The number of hydrogen-bond donors (Lipinski definition) is 2. The molecule has 1 aliphatic heterocycles. The summed E-state index contributed by atoms with van der Waals surface area (Å²) in [4.78, 5) is 16.7. The number of nitrogens with zero attached hydrogens (tertiary/aromatic N) is 1. The van der Waals surface area contributed by atoms with Crippen LogP contribution in [0, 0.1) is 6.92 Å². The molecule has 2 aromatic rings. The first-order chi connectivity index (χ1) is 9.24. The number of para-hydroxylation sites is 1. The largest absolute Gasteiger partial charge is 0.323 e. The molecule has 0 aliphatic carbocycles. The summed E-state index contributed by atoms with van der Waals surface area (Å²) in [6.07, 6.45) is 1.97. The molecule has 0 bridgehead atoms. The highest BCUT2D eigenvalue weighted by Gasteiger charge is 2.22. The van der Waals surface area contributed by atoms with E-state index in [2.05, 4.69) is 15.6 Å². The van der Waals surface area contributed by atoms with E-state index in [1.807, 2.05) is 37.3 Å². The third kappa shape index (κ3) is 2.44. The Morgan fingerprint density at radius 2 is 2.26 bits per heavy atom. The molecule has 98 valence electrons. The van der Waals surface area contributed by atoms with Crippen molar-refractivity contribution in [3.05, 3.63) is 36.0 Å².